The lowest BCUT2D eigenvalue weighted by Crippen LogP contribution is -2.41. The molecule has 3 heterocycles. The molecule has 0 radical (unpaired) electrons. The number of fused-ring (bicyclic) bond motifs is 6. The van der Waals surface area contributed by atoms with Gasteiger partial charge in [0.25, 0.3) is 0 Å². The van der Waals surface area contributed by atoms with Crippen LogP contribution < -0.4 is 4.74 Å². The summed E-state index contributed by atoms with van der Waals surface area (Å²) in [5, 5.41) is 2.37. The summed E-state index contributed by atoms with van der Waals surface area (Å²) in [6.45, 7) is 31.6. The molecule has 318 valence electrons. The summed E-state index contributed by atoms with van der Waals surface area (Å²) in [7, 11) is 0. The van der Waals surface area contributed by atoms with Crippen LogP contribution in [0.5, 0.6) is 11.5 Å². The molecule has 2 aliphatic rings. The normalized spacial score (nSPS) is 18.7. The molecule has 0 saturated carbocycles. The Morgan fingerprint density at radius 2 is 1.35 bits per heavy atom. The fourth-order valence-electron chi connectivity index (χ4n) is 9.96. The van der Waals surface area contributed by atoms with E-state index < -0.39 is 11.1 Å². The molecule has 7 aromatic rings. The summed E-state index contributed by atoms with van der Waals surface area (Å²) in [6, 6.07) is 35.6. The van der Waals surface area contributed by atoms with Gasteiger partial charge in [0.2, 0.25) is 5.90 Å². The number of rotatable bonds is 7. The largest absolute Gasteiger partial charge is 0.468 e. The van der Waals surface area contributed by atoms with Gasteiger partial charge in [-0.3, -0.25) is 4.57 Å². The fourth-order valence-corrected chi connectivity index (χ4v) is 9.96. The zero-order valence-corrected chi connectivity index (χ0v) is 39.3. The number of ether oxygens (including phenoxy) is 2. The molecule has 0 fully saturated rings. The van der Waals surface area contributed by atoms with Gasteiger partial charge in [-0.15, -0.1) is 0 Å². The van der Waals surface area contributed by atoms with Crippen LogP contribution in [0.2, 0.25) is 0 Å². The summed E-state index contributed by atoms with van der Waals surface area (Å²) in [5.74, 6) is 3.69. The monoisotopic (exact) mass is 821 g/mol. The van der Waals surface area contributed by atoms with Crippen molar-refractivity contribution in [1.82, 2.24) is 9.55 Å². The van der Waals surface area contributed by atoms with Crippen molar-refractivity contribution in [3.05, 3.63) is 153 Å². The molecule has 0 unspecified atom stereocenters. The average molecular weight is 822 g/mol. The molecule has 9 rings (SSSR count). The molecule has 0 bridgehead atoms. The van der Waals surface area contributed by atoms with Gasteiger partial charge in [0, 0.05) is 35.0 Å². The number of nitrogens with zero attached hydrogens (tertiary/aromatic N) is 3. The maximum atomic E-state index is 7.10. The van der Waals surface area contributed by atoms with E-state index in [4.69, 9.17) is 19.5 Å². The second kappa shape index (κ2) is 14.4. The molecule has 0 N–H and O–H groups in total. The number of aromatic nitrogens is 2. The van der Waals surface area contributed by atoms with E-state index in [0.717, 1.165) is 51.3 Å². The van der Waals surface area contributed by atoms with Crippen molar-refractivity contribution in [3.8, 4) is 28.4 Å². The summed E-state index contributed by atoms with van der Waals surface area (Å²) >= 11 is 0. The van der Waals surface area contributed by atoms with E-state index in [2.05, 4.69) is 199 Å². The van der Waals surface area contributed by atoms with E-state index in [1.165, 1.54) is 55.5 Å². The predicted octanol–water partition coefficient (Wildman–Crippen LogP) is 15.1. The Kier molecular flexibility index (Phi) is 9.70. The average Bonchev–Trinajstić information content (AvgIpc) is 3.76. The topological polar surface area (TPSA) is 48.6 Å². The minimum absolute atomic E-state index is 0.00457. The van der Waals surface area contributed by atoms with Gasteiger partial charge in [-0.2, -0.15) is 0 Å². The van der Waals surface area contributed by atoms with Crippen molar-refractivity contribution in [1.29, 1.82) is 0 Å². The minimum Gasteiger partial charge on any atom is -0.468 e. The van der Waals surface area contributed by atoms with Gasteiger partial charge in [0.1, 0.15) is 28.5 Å². The van der Waals surface area contributed by atoms with Crippen LogP contribution in [-0.2, 0) is 27.5 Å². The summed E-state index contributed by atoms with van der Waals surface area (Å²) in [5.41, 5.74) is 14.8. The number of pyridine rings is 1. The van der Waals surface area contributed by atoms with Crippen molar-refractivity contribution < 1.29 is 9.47 Å². The smallest absolute Gasteiger partial charge is 0.217 e. The van der Waals surface area contributed by atoms with E-state index in [-0.39, 0.29) is 10.8 Å². The number of hydrogen-bond donors (Lipinski definition) is 0. The fraction of sp³-hybridized carbons (Fsp3) is 0.368. The van der Waals surface area contributed by atoms with Crippen LogP contribution in [0.1, 0.15) is 145 Å². The molecule has 1 aliphatic carbocycles. The lowest BCUT2D eigenvalue weighted by molar-refractivity contribution is 0.0475. The van der Waals surface area contributed by atoms with Crippen molar-refractivity contribution in [2.45, 2.75) is 137 Å². The highest BCUT2D eigenvalue weighted by Crippen LogP contribution is 2.54. The Morgan fingerprint density at radius 1 is 0.677 bits per heavy atom. The lowest BCUT2D eigenvalue weighted by Gasteiger charge is -2.31. The highest BCUT2D eigenvalue weighted by atomic mass is 16.5. The highest BCUT2D eigenvalue weighted by Gasteiger charge is 2.59. The standard InChI is InChI=1S/C57H63N3O2/c1-33(2)43-16-15-17-44(34(3)4)52(43)37-26-38(53-59-57(14)48-22-18-35(5)36(6)47(48)32-56(57,13)62-53)28-42(27-37)61-41-20-21-45-46-29-39(54(7,8)9)19-23-49(46)60(50(45)31-41)51-30-40(24-25-58-51)55(10,11)12/h15-31,33-34H,32H2,1-14H3/t56-,57+/m0/s1. The number of benzene rings is 5. The Hall–Kier alpha value is -5.68. The second-order valence-electron chi connectivity index (χ2n) is 21.2. The van der Waals surface area contributed by atoms with Gasteiger partial charge >= 0.3 is 0 Å². The third kappa shape index (κ3) is 6.74. The maximum Gasteiger partial charge on any atom is 0.217 e. The first kappa shape index (κ1) is 41.7. The van der Waals surface area contributed by atoms with Gasteiger partial charge in [0.05, 0.1) is 11.0 Å². The molecule has 1 aliphatic heterocycles. The Bertz CT molecular complexity index is 2940. The lowest BCUT2D eigenvalue weighted by atomic mass is 9.84. The van der Waals surface area contributed by atoms with E-state index >= 15 is 0 Å². The van der Waals surface area contributed by atoms with E-state index in [1.54, 1.807) is 0 Å². The molecule has 0 spiro atoms. The molecule has 62 heavy (non-hydrogen) atoms. The molecule has 0 saturated heterocycles. The van der Waals surface area contributed by atoms with Crippen LogP contribution in [0.15, 0.2) is 108 Å². The van der Waals surface area contributed by atoms with Crippen LogP contribution in [-0.4, -0.2) is 21.0 Å². The minimum atomic E-state index is -0.518. The van der Waals surface area contributed by atoms with Crippen LogP contribution in [0, 0.1) is 13.8 Å². The molecule has 2 aromatic heterocycles. The number of hydrogen-bond acceptors (Lipinski definition) is 4. The molecule has 5 nitrogen and oxygen atoms in total. The van der Waals surface area contributed by atoms with Crippen molar-refractivity contribution in [3.63, 3.8) is 0 Å². The van der Waals surface area contributed by atoms with Crippen molar-refractivity contribution >= 4 is 27.7 Å². The van der Waals surface area contributed by atoms with Gasteiger partial charge in [-0.25, -0.2) is 9.98 Å². The first-order valence-corrected chi connectivity index (χ1v) is 22.6. The van der Waals surface area contributed by atoms with Crippen molar-refractivity contribution in [2.75, 3.05) is 0 Å². The third-order valence-electron chi connectivity index (χ3n) is 14.1. The molecule has 2 atom stereocenters. The zero-order chi connectivity index (χ0) is 44.3. The summed E-state index contributed by atoms with van der Waals surface area (Å²) in [4.78, 5) is 10.5. The number of aryl methyl sites for hydroxylation is 1. The second-order valence-corrected chi connectivity index (χ2v) is 21.2. The molecular weight excluding hydrogens is 759 g/mol. The quantitative estimate of drug-likeness (QED) is 0.161. The maximum absolute atomic E-state index is 7.10. The first-order chi connectivity index (χ1) is 29.2. The first-order valence-electron chi connectivity index (χ1n) is 22.6. The van der Waals surface area contributed by atoms with E-state index in [0.29, 0.717) is 17.7 Å². The molecule has 5 heteroatoms. The Labute approximate surface area is 369 Å². The zero-order valence-electron chi connectivity index (χ0n) is 39.3. The predicted molar refractivity (Wildman–Crippen MR) is 259 cm³/mol. The number of aliphatic imine (C=N–C) groups is 1. The van der Waals surface area contributed by atoms with Crippen LogP contribution in [0.25, 0.3) is 38.8 Å². The Balaban J connectivity index is 1.23. The van der Waals surface area contributed by atoms with E-state index in [9.17, 15) is 0 Å². The SMILES string of the molecule is Cc1ccc2c(c1C)C[C@]1(C)OC(c3cc(Oc4ccc5c6cc(C(C)(C)C)ccc6n(-c6cc(C(C)(C)C)ccn6)c5c4)cc(-c4c(C(C)C)cccc4C(C)C)c3)=N[C@]21C. The molecule has 5 aromatic carbocycles. The van der Waals surface area contributed by atoms with Crippen LogP contribution in [0.4, 0.5) is 0 Å². The van der Waals surface area contributed by atoms with Crippen LogP contribution in [0.3, 0.4) is 0 Å². The summed E-state index contributed by atoms with van der Waals surface area (Å²) in [6.07, 6.45) is 2.75. The summed E-state index contributed by atoms with van der Waals surface area (Å²) < 4.78 is 16.5. The third-order valence-corrected chi connectivity index (χ3v) is 14.1. The van der Waals surface area contributed by atoms with Gasteiger partial charge in [-0.1, -0.05) is 106 Å². The Morgan fingerprint density at radius 3 is 2.03 bits per heavy atom. The molecular formula is C57H63N3O2. The molecule has 0 amide bonds. The van der Waals surface area contributed by atoms with Crippen LogP contribution >= 0.6 is 0 Å². The van der Waals surface area contributed by atoms with Gasteiger partial charge in [-0.05, 0) is 161 Å². The van der Waals surface area contributed by atoms with Gasteiger partial charge in [0.15, 0.2) is 0 Å². The van der Waals surface area contributed by atoms with Gasteiger partial charge < -0.3 is 9.47 Å². The van der Waals surface area contributed by atoms with Crippen molar-refractivity contribution in [2.24, 2.45) is 4.99 Å². The van der Waals surface area contributed by atoms with E-state index in [1.807, 2.05) is 6.20 Å². The highest BCUT2D eigenvalue weighted by molar-refractivity contribution is 6.10.